The maximum absolute atomic E-state index is 14.2. The number of aliphatic imine (C=N–C) groups is 1. The molecule has 1 saturated heterocycles. The molecule has 21 nitrogen and oxygen atoms in total. The van der Waals surface area contributed by atoms with Gasteiger partial charge in [0.1, 0.15) is 36.3 Å². The second-order valence-electron chi connectivity index (χ2n) is 14.2. The van der Waals surface area contributed by atoms with E-state index in [1.165, 1.54) is 19.4 Å². The molecule has 21 heteroatoms. The first-order valence-electron chi connectivity index (χ1n) is 19.6. The topological polar surface area (TPSA) is 340 Å². The molecule has 59 heavy (non-hydrogen) atoms. The van der Waals surface area contributed by atoms with Gasteiger partial charge in [0.15, 0.2) is 5.96 Å². The minimum absolute atomic E-state index is 0.00785. The van der Waals surface area contributed by atoms with E-state index in [2.05, 4.69) is 52.2 Å². The smallest absolute Gasteiger partial charge is 0.243 e. The summed E-state index contributed by atoms with van der Waals surface area (Å²) in [6.07, 6.45) is 3.38. The molecular formula is C38H57N13O8. The highest BCUT2D eigenvalue weighted by molar-refractivity contribution is 5.97. The zero-order chi connectivity index (χ0) is 43.3. The van der Waals surface area contributed by atoms with Gasteiger partial charge in [0.2, 0.25) is 47.3 Å². The van der Waals surface area contributed by atoms with Crippen molar-refractivity contribution in [3.05, 3.63) is 54.1 Å². The number of primary amides is 1. The third-order valence-electron chi connectivity index (χ3n) is 9.30. The molecule has 0 radical (unpaired) electrons. The Labute approximate surface area is 342 Å². The van der Waals surface area contributed by atoms with Crippen LogP contribution in [-0.4, -0.2) is 113 Å². The van der Waals surface area contributed by atoms with Gasteiger partial charge in [-0.2, -0.15) is 0 Å². The summed E-state index contributed by atoms with van der Waals surface area (Å²) in [6.45, 7) is 3.32. The molecule has 0 bridgehead atoms. The summed E-state index contributed by atoms with van der Waals surface area (Å²) >= 11 is 0. The zero-order valence-corrected chi connectivity index (χ0v) is 33.4. The van der Waals surface area contributed by atoms with Gasteiger partial charge >= 0.3 is 0 Å². The van der Waals surface area contributed by atoms with Gasteiger partial charge in [-0.1, -0.05) is 37.3 Å². The molecule has 2 heterocycles. The summed E-state index contributed by atoms with van der Waals surface area (Å²) in [5, 5.41) is 18.6. The zero-order valence-electron chi connectivity index (χ0n) is 33.4. The van der Waals surface area contributed by atoms with Gasteiger partial charge in [0.25, 0.3) is 0 Å². The molecule has 3 rings (SSSR count). The summed E-state index contributed by atoms with van der Waals surface area (Å²) < 4.78 is 0. The van der Waals surface area contributed by atoms with Crippen LogP contribution in [-0.2, 0) is 51.2 Å². The number of imidazole rings is 1. The van der Waals surface area contributed by atoms with Crippen molar-refractivity contribution >= 4 is 53.2 Å². The van der Waals surface area contributed by atoms with Crippen LogP contribution in [0.2, 0.25) is 0 Å². The molecule has 0 spiro atoms. The average Bonchev–Trinajstić information content (AvgIpc) is 3.71. The third kappa shape index (κ3) is 16.8. The molecule has 0 saturated carbocycles. The number of rotatable bonds is 14. The molecule has 1 aliphatic heterocycles. The first-order valence-corrected chi connectivity index (χ1v) is 19.6. The van der Waals surface area contributed by atoms with Crippen LogP contribution in [0, 0.1) is 0 Å². The minimum atomic E-state index is -1.31. The third-order valence-corrected chi connectivity index (χ3v) is 9.30. The summed E-state index contributed by atoms with van der Waals surface area (Å²) in [5.74, 6) is -5.67. The van der Waals surface area contributed by atoms with Crippen molar-refractivity contribution in [1.29, 1.82) is 0 Å². The van der Waals surface area contributed by atoms with Gasteiger partial charge < -0.3 is 59.4 Å². The lowest BCUT2D eigenvalue weighted by molar-refractivity contribution is -0.135. The Hall–Kier alpha value is -6.54. The van der Waals surface area contributed by atoms with E-state index in [4.69, 9.17) is 17.2 Å². The van der Waals surface area contributed by atoms with Crippen LogP contribution in [0.1, 0.15) is 76.5 Å². The van der Waals surface area contributed by atoms with E-state index >= 15 is 0 Å². The molecule has 1 aromatic heterocycles. The lowest BCUT2D eigenvalue weighted by Gasteiger charge is -2.28. The first kappa shape index (κ1) is 46.8. The fraction of sp³-hybridized carbons (Fsp3) is 0.526. The van der Waals surface area contributed by atoms with Crippen molar-refractivity contribution in [2.24, 2.45) is 22.2 Å². The number of amides is 8. The number of carbonyl (C=O) groups excluding carboxylic acids is 8. The Kier molecular flexibility index (Phi) is 19.3. The van der Waals surface area contributed by atoms with Crippen LogP contribution in [0.3, 0.4) is 0 Å². The van der Waals surface area contributed by atoms with Crippen LogP contribution in [0.5, 0.6) is 0 Å². The van der Waals surface area contributed by atoms with Crippen molar-refractivity contribution in [3.63, 3.8) is 0 Å². The Balaban J connectivity index is 2.06. The number of H-pyrrole nitrogens is 1. The van der Waals surface area contributed by atoms with Crippen LogP contribution in [0.25, 0.3) is 0 Å². The minimum Gasteiger partial charge on any atom is -0.370 e. The van der Waals surface area contributed by atoms with Crippen LogP contribution in [0.4, 0.5) is 0 Å². The van der Waals surface area contributed by atoms with Crippen molar-refractivity contribution in [2.45, 2.75) is 114 Å². The number of nitrogens with two attached hydrogens (primary N) is 3. The second-order valence-corrected chi connectivity index (χ2v) is 14.2. The average molecular weight is 824 g/mol. The monoisotopic (exact) mass is 823 g/mol. The van der Waals surface area contributed by atoms with Gasteiger partial charge in [-0.15, -0.1) is 0 Å². The summed E-state index contributed by atoms with van der Waals surface area (Å²) in [7, 11) is 0. The number of nitrogens with zero attached hydrogens (tertiary/aromatic N) is 2. The molecule has 1 aliphatic rings. The van der Waals surface area contributed by atoms with Gasteiger partial charge in [0.05, 0.1) is 6.33 Å². The lowest BCUT2D eigenvalue weighted by Crippen LogP contribution is -2.60. The number of nitrogens with one attached hydrogen (secondary N) is 8. The number of benzene rings is 1. The maximum Gasteiger partial charge on any atom is 0.243 e. The summed E-state index contributed by atoms with van der Waals surface area (Å²) in [6, 6.07) is 1.34. The Morgan fingerprint density at radius 2 is 1.54 bits per heavy atom. The molecule has 1 fully saturated rings. The SMILES string of the molecule is CCCC(=O)N[C@H]1CCC(=O)NCCC[C@@H](C(=O)N[C@@H](C)C(N)=O)NC(=O)[C@H](CCCN=C(N)N)NC(=O)[C@@H](Cc2ccccc2)NC(=O)[C@H](Cc2cnc[nH]2)NC1=O. The van der Waals surface area contributed by atoms with Gasteiger partial charge in [-0.05, 0) is 51.0 Å². The van der Waals surface area contributed by atoms with Gasteiger partial charge in [0, 0.05) is 50.7 Å². The number of hydrogen-bond donors (Lipinski definition) is 11. The van der Waals surface area contributed by atoms with Gasteiger partial charge in [-0.3, -0.25) is 43.3 Å². The van der Waals surface area contributed by atoms with Crippen molar-refractivity contribution < 1.29 is 38.4 Å². The van der Waals surface area contributed by atoms with Crippen LogP contribution < -0.4 is 54.4 Å². The Bertz CT molecular complexity index is 1770. The van der Waals surface area contributed by atoms with E-state index < -0.39 is 83.5 Å². The fourth-order valence-electron chi connectivity index (χ4n) is 6.06. The maximum atomic E-state index is 14.2. The van der Waals surface area contributed by atoms with E-state index in [0.29, 0.717) is 17.7 Å². The summed E-state index contributed by atoms with van der Waals surface area (Å²) in [4.78, 5) is 118. The van der Waals surface area contributed by atoms with E-state index in [9.17, 15) is 38.4 Å². The van der Waals surface area contributed by atoms with Crippen LogP contribution >= 0.6 is 0 Å². The van der Waals surface area contributed by atoms with Crippen molar-refractivity contribution in [1.82, 2.24) is 47.2 Å². The molecular weight excluding hydrogens is 767 g/mol. The molecule has 8 amide bonds. The first-order chi connectivity index (χ1) is 28.2. The molecule has 14 N–H and O–H groups in total. The predicted molar refractivity (Wildman–Crippen MR) is 215 cm³/mol. The standard InChI is InChI=1S/C38H57N13O8/c1-3-9-31(53)47-27-14-15-30(52)43-16-7-12-25(33(55)46-22(2)32(39)54)48-34(56)26(13-8-17-44-38(40)41)49-36(58)28(18-23-10-5-4-6-11-23)50-37(59)29(51-35(27)57)19-24-20-42-21-45-24/h4-6,10-11,20-22,25-29H,3,7-9,12-19H2,1-2H3,(H2,39,54)(H,42,45)(H,43,52)(H,46,55)(H,47,53)(H,48,56)(H,49,58)(H,50,59)(H,51,57)(H4,40,41,44)/t22-,25-,26-,27-,28+,29-/m0/s1. The highest BCUT2D eigenvalue weighted by atomic mass is 16.2. The number of aromatic nitrogens is 2. The fourth-order valence-corrected chi connectivity index (χ4v) is 6.06. The normalized spacial score (nSPS) is 21.9. The van der Waals surface area contributed by atoms with Gasteiger partial charge in [-0.25, -0.2) is 4.98 Å². The van der Waals surface area contributed by atoms with E-state index in [0.717, 1.165) is 0 Å². The lowest BCUT2D eigenvalue weighted by atomic mass is 10.0. The number of carbonyl (C=O) groups is 8. The largest absolute Gasteiger partial charge is 0.370 e. The van der Waals surface area contributed by atoms with E-state index in [1.54, 1.807) is 37.3 Å². The van der Waals surface area contributed by atoms with Crippen LogP contribution in [0.15, 0.2) is 47.8 Å². The molecule has 322 valence electrons. The molecule has 1 aromatic carbocycles. The quantitative estimate of drug-likeness (QED) is 0.0523. The van der Waals surface area contributed by atoms with Crippen molar-refractivity contribution in [2.75, 3.05) is 13.1 Å². The number of aromatic amines is 1. The highest BCUT2D eigenvalue weighted by Crippen LogP contribution is 2.10. The second kappa shape index (κ2) is 24.3. The van der Waals surface area contributed by atoms with E-state index in [1.807, 2.05) is 0 Å². The van der Waals surface area contributed by atoms with E-state index in [-0.39, 0.29) is 76.8 Å². The number of guanidine groups is 1. The molecule has 0 unspecified atom stereocenters. The molecule has 6 atom stereocenters. The number of hydrogen-bond acceptors (Lipinski definition) is 10. The Morgan fingerprint density at radius 1 is 0.881 bits per heavy atom. The molecule has 2 aromatic rings. The Morgan fingerprint density at radius 3 is 2.19 bits per heavy atom. The van der Waals surface area contributed by atoms with Crippen molar-refractivity contribution in [3.8, 4) is 0 Å². The molecule has 0 aliphatic carbocycles. The highest BCUT2D eigenvalue weighted by Gasteiger charge is 2.33. The summed E-state index contributed by atoms with van der Waals surface area (Å²) in [5.41, 5.74) is 17.4. The predicted octanol–water partition coefficient (Wildman–Crippen LogP) is -2.85.